The van der Waals surface area contributed by atoms with E-state index < -0.39 is 0 Å². The van der Waals surface area contributed by atoms with Crippen molar-refractivity contribution in [3.63, 3.8) is 0 Å². The maximum Gasteiger partial charge on any atom is 0.130 e. The van der Waals surface area contributed by atoms with Gasteiger partial charge in [0.25, 0.3) is 0 Å². The van der Waals surface area contributed by atoms with Crippen molar-refractivity contribution in [2.45, 2.75) is 32.4 Å². The van der Waals surface area contributed by atoms with E-state index in [1.807, 2.05) is 0 Å². The van der Waals surface area contributed by atoms with Crippen molar-refractivity contribution in [2.24, 2.45) is 0 Å². The van der Waals surface area contributed by atoms with Crippen molar-refractivity contribution in [1.29, 1.82) is 0 Å². The first-order valence-corrected chi connectivity index (χ1v) is 4.37. The van der Waals surface area contributed by atoms with Crippen LogP contribution in [0.1, 0.15) is 20.8 Å². The molecule has 1 saturated heterocycles. The fourth-order valence-electron chi connectivity index (χ4n) is 1.36. The van der Waals surface area contributed by atoms with E-state index in [9.17, 15) is 0 Å². The van der Waals surface area contributed by atoms with E-state index in [2.05, 4.69) is 31.6 Å². The predicted octanol–water partition coefficient (Wildman–Crippen LogP) is 1.12. The van der Waals surface area contributed by atoms with Gasteiger partial charge in [-0.15, -0.1) is 6.42 Å². The Hall–Kier alpha value is -0.520. The first-order valence-electron chi connectivity index (χ1n) is 4.37. The Labute approximate surface area is 74.9 Å². The van der Waals surface area contributed by atoms with Gasteiger partial charge in [0.05, 0.1) is 6.61 Å². The van der Waals surface area contributed by atoms with Crippen LogP contribution in [0.4, 0.5) is 0 Å². The highest BCUT2D eigenvalue weighted by Gasteiger charge is 2.27. The summed E-state index contributed by atoms with van der Waals surface area (Å²) in [6.45, 7) is 9.21. The van der Waals surface area contributed by atoms with Crippen LogP contribution in [0.15, 0.2) is 0 Å². The van der Waals surface area contributed by atoms with E-state index in [0.29, 0.717) is 0 Å². The summed E-state index contributed by atoms with van der Waals surface area (Å²) in [5.74, 6) is 2.64. The van der Waals surface area contributed by atoms with E-state index in [4.69, 9.17) is 11.2 Å². The maximum atomic E-state index is 5.37. The highest BCUT2D eigenvalue weighted by molar-refractivity contribution is 4.99. The summed E-state index contributed by atoms with van der Waals surface area (Å²) in [5.41, 5.74) is 0.207. The molecule has 0 amide bonds. The van der Waals surface area contributed by atoms with Crippen LogP contribution < -0.4 is 0 Å². The third-order valence-electron chi connectivity index (χ3n) is 2.20. The van der Waals surface area contributed by atoms with E-state index >= 15 is 0 Å². The molecule has 0 aromatic rings. The van der Waals surface area contributed by atoms with E-state index in [-0.39, 0.29) is 11.6 Å². The van der Waals surface area contributed by atoms with Gasteiger partial charge in [-0.3, -0.25) is 4.90 Å². The van der Waals surface area contributed by atoms with Gasteiger partial charge in [0.1, 0.15) is 6.10 Å². The molecule has 1 aliphatic heterocycles. The minimum absolute atomic E-state index is 0.0158. The number of morpholine rings is 1. The van der Waals surface area contributed by atoms with Gasteiger partial charge in [-0.1, -0.05) is 5.92 Å². The number of hydrogen-bond donors (Lipinski definition) is 0. The fourth-order valence-corrected chi connectivity index (χ4v) is 1.36. The van der Waals surface area contributed by atoms with Crippen LogP contribution in [0.5, 0.6) is 0 Å². The summed E-state index contributed by atoms with van der Waals surface area (Å²) in [4.78, 5) is 2.36. The second-order valence-electron chi connectivity index (χ2n) is 4.14. The first kappa shape index (κ1) is 9.57. The lowest BCUT2D eigenvalue weighted by atomic mass is 10.0. The maximum absolute atomic E-state index is 5.37. The third-order valence-corrected chi connectivity index (χ3v) is 2.20. The van der Waals surface area contributed by atoms with Crippen LogP contribution in [0, 0.1) is 12.3 Å². The largest absolute Gasteiger partial charge is 0.363 e. The van der Waals surface area contributed by atoms with Gasteiger partial charge in [-0.05, 0) is 20.8 Å². The summed E-state index contributed by atoms with van der Waals surface area (Å²) in [5, 5.41) is 0. The second kappa shape index (κ2) is 3.47. The van der Waals surface area contributed by atoms with Crippen molar-refractivity contribution < 1.29 is 4.74 Å². The molecule has 2 heteroatoms. The zero-order valence-corrected chi connectivity index (χ0v) is 8.13. The molecular formula is C10H17NO. The Morgan fingerprint density at radius 1 is 1.50 bits per heavy atom. The summed E-state index contributed by atoms with van der Waals surface area (Å²) < 4.78 is 5.37. The van der Waals surface area contributed by atoms with Gasteiger partial charge in [-0.2, -0.15) is 0 Å². The molecule has 0 aliphatic carbocycles. The van der Waals surface area contributed by atoms with Crippen LogP contribution >= 0.6 is 0 Å². The van der Waals surface area contributed by atoms with Gasteiger partial charge < -0.3 is 4.74 Å². The second-order valence-corrected chi connectivity index (χ2v) is 4.14. The number of ether oxygens (including phenoxy) is 1. The summed E-state index contributed by atoms with van der Waals surface area (Å²) in [6.07, 6.45) is 5.29. The summed E-state index contributed by atoms with van der Waals surface area (Å²) >= 11 is 0. The van der Waals surface area contributed by atoms with Crippen LogP contribution in [0.2, 0.25) is 0 Å². The lowest BCUT2D eigenvalue weighted by Gasteiger charge is -2.40. The van der Waals surface area contributed by atoms with Gasteiger partial charge in [-0.25, -0.2) is 0 Å². The molecule has 0 aromatic carbocycles. The Balaban J connectivity index is 2.53. The highest BCUT2D eigenvalue weighted by atomic mass is 16.5. The topological polar surface area (TPSA) is 12.5 Å². The molecule has 0 spiro atoms. The molecule has 2 nitrogen and oxygen atoms in total. The minimum atomic E-state index is -0.0158. The van der Waals surface area contributed by atoms with Crippen LogP contribution in [-0.4, -0.2) is 36.2 Å². The van der Waals surface area contributed by atoms with E-state index in [1.165, 1.54) is 0 Å². The Kier molecular flexibility index (Phi) is 2.76. The van der Waals surface area contributed by atoms with Gasteiger partial charge in [0.2, 0.25) is 0 Å². The van der Waals surface area contributed by atoms with Crippen molar-refractivity contribution in [2.75, 3.05) is 19.7 Å². The molecule has 1 rings (SSSR count). The Bertz CT molecular complexity index is 187. The van der Waals surface area contributed by atoms with Gasteiger partial charge >= 0.3 is 0 Å². The predicted molar refractivity (Wildman–Crippen MR) is 49.9 cm³/mol. The highest BCUT2D eigenvalue weighted by Crippen LogP contribution is 2.16. The molecule has 0 saturated carbocycles. The lowest BCUT2D eigenvalue weighted by molar-refractivity contribution is -0.0332. The van der Waals surface area contributed by atoms with Crippen molar-refractivity contribution in [3.8, 4) is 12.3 Å². The summed E-state index contributed by atoms with van der Waals surface area (Å²) in [7, 11) is 0. The van der Waals surface area contributed by atoms with E-state index in [0.717, 1.165) is 19.7 Å². The molecule has 0 radical (unpaired) electrons. The zero-order valence-electron chi connectivity index (χ0n) is 8.13. The monoisotopic (exact) mass is 167 g/mol. The standard InChI is InChI=1S/C10H17NO/c1-5-9-8-11(6-7-12-9)10(2,3)4/h1,9H,6-8H2,2-4H3. The minimum Gasteiger partial charge on any atom is -0.363 e. The van der Waals surface area contributed by atoms with Crippen LogP contribution in [-0.2, 0) is 4.74 Å². The molecule has 1 fully saturated rings. The SMILES string of the molecule is C#CC1CN(C(C)(C)C)CCO1. The molecule has 0 bridgehead atoms. The normalized spacial score (nSPS) is 26.7. The number of hydrogen-bond acceptors (Lipinski definition) is 2. The lowest BCUT2D eigenvalue weighted by Crippen LogP contribution is -2.51. The molecule has 68 valence electrons. The Morgan fingerprint density at radius 3 is 2.67 bits per heavy atom. The quantitative estimate of drug-likeness (QED) is 0.501. The van der Waals surface area contributed by atoms with Gasteiger partial charge in [0, 0.05) is 18.6 Å². The third kappa shape index (κ3) is 2.23. The van der Waals surface area contributed by atoms with Crippen LogP contribution in [0.25, 0.3) is 0 Å². The molecular weight excluding hydrogens is 150 g/mol. The molecule has 1 aliphatic rings. The molecule has 1 unspecified atom stereocenters. The average Bonchev–Trinajstić information content (AvgIpc) is 2.03. The number of terminal acetylenes is 1. The number of rotatable bonds is 0. The molecule has 0 N–H and O–H groups in total. The van der Waals surface area contributed by atoms with E-state index in [1.54, 1.807) is 0 Å². The zero-order chi connectivity index (χ0) is 9.19. The smallest absolute Gasteiger partial charge is 0.130 e. The Morgan fingerprint density at radius 2 is 2.17 bits per heavy atom. The van der Waals surface area contributed by atoms with Crippen molar-refractivity contribution in [3.05, 3.63) is 0 Å². The fraction of sp³-hybridized carbons (Fsp3) is 0.800. The first-order chi connectivity index (χ1) is 5.54. The van der Waals surface area contributed by atoms with Crippen molar-refractivity contribution >= 4 is 0 Å². The molecule has 1 atom stereocenters. The molecule has 12 heavy (non-hydrogen) atoms. The number of nitrogens with zero attached hydrogens (tertiary/aromatic N) is 1. The average molecular weight is 167 g/mol. The summed E-state index contributed by atoms with van der Waals surface area (Å²) in [6, 6.07) is 0. The van der Waals surface area contributed by atoms with Crippen LogP contribution in [0.3, 0.4) is 0 Å². The molecule has 1 heterocycles. The molecule has 0 aromatic heterocycles. The van der Waals surface area contributed by atoms with Crippen molar-refractivity contribution in [1.82, 2.24) is 4.90 Å². The van der Waals surface area contributed by atoms with Gasteiger partial charge in [0.15, 0.2) is 0 Å².